The Morgan fingerprint density at radius 3 is 2.37 bits per heavy atom. The second-order valence-corrected chi connectivity index (χ2v) is 7.60. The molecule has 3 heterocycles. The van der Waals surface area contributed by atoms with Crippen molar-refractivity contribution in [3.05, 3.63) is 36.0 Å². The topological polar surface area (TPSA) is 59.7 Å². The van der Waals surface area contributed by atoms with Gasteiger partial charge in [0, 0.05) is 62.8 Å². The third kappa shape index (κ3) is 4.16. The van der Waals surface area contributed by atoms with E-state index in [4.69, 9.17) is 0 Å². The van der Waals surface area contributed by atoms with Crippen molar-refractivity contribution in [3.8, 4) is 0 Å². The van der Waals surface area contributed by atoms with Gasteiger partial charge in [-0.2, -0.15) is 0 Å². The number of benzene rings is 1. The molecule has 0 radical (unpaired) electrons. The van der Waals surface area contributed by atoms with Crippen molar-refractivity contribution in [2.45, 2.75) is 25.7 Å². The first-order valence-electron chi connectivity index (χ1n) is 10.0. The highest BCUT2D eigenvalue weighted by atomic mass is 16.2. The molecule has 1 N–H and O–H groups in total. The number of aryl methyl sites for hydroxylation is 1. The van der Waals surface area contributed by atoms with Crippen LogP contribution in [0.25, 0.3) is 10.9 Å². The fourth-order valence-electron chi connectivity index (χ4n) is 4.15. The molecule has 2 fully saturated rings. The molecule has 1 aromatic heterocycles. The summed E-state index contributed by atoms with van der Waals surface area (Å²) in [4.78, 5) is 34.2. The van der Waals surface area contributed by atoms with Gasteiger partial charge in [0.2, 0.25) is 11.8 Å². The van der Waals surface area contributed by atoms with Crippen LogP contribution in [0.2, 0.25) is 0 Å². The molecule has 6 nitrogen and oxygen atoms in total. The number of hydrogen-bond acceptors (Lipinski definition) is 3. The number of piperazine rings is 1. The average molecular weight is 368 g/mol. The van der Waals surface area contributed by atoms with Crippen LogP contribution in [0.4, 0.5) is 0 Å². The zero-order valence-electron chi connectivity index (χ0n) is 15.8. The lowest BCUT2D eigenvalue weighted by Gasteiger charge is -2.35. The summed E-state index contributed by atoms with van der Waals surface area (Å²) in [6.07, 6.45) is 5.57. The van der Waals surface area contributed by atoms with Gasteiger partial charge in [-0.3, -0.25) is 14.5 Å². The van der Waals surface area contributed by atoms with E-state index in [9.17, 15) is 9.59 Å². The predicted molar refractivity (Wildman–Crippen MR) is 105 cm³/mol. The molecule has 0 bridgehead atoms. The van der Waals surface area contributed by atoms with Crippen molar-refractivity contribution < 1.29 is 9.59 Å². The van der Waals surface area contributed by atoms with Crippen LogP contribution in [-0.2, 0) is 16.0 Å². The van der Waals surface area contributed by atoms with Gasteiger partial charge in [0.15, 0.2) is 0 Å². The minimum absolute atomic E-state index is 0.214. The van der Waals surface area contributed by atoms with E-state index in [-0.39, 0.29) is 11.8 Å². The number of amides is 2. The number of nitrogens with zero attached hydrogens (tertiary/aromatic N) is 3. The van der Waals surface area contributed by atoms with Crippen LogP contribution in [0.3, 0.4) is 0 Å². The summed E-state index contributed by atoms with van der Waals surface area (Å²) < 4.78 is 0. The molecule has 144 valence electrons. The molecule has 27 heavy (non-hydrogen) atoms. The number of likely N-dealkylation sites (tertiary alicyclic amines) is 1. The van der Waals surface area contributed by atoms with E-state index in [1.54, 1.807) is 0 Å². The van der Waals surface area contributed by atoms with Gasteiger partial charge in [0.05, 0.1) is 6.54 Å². The summed E-state index contributed by atoms with van der Waals surface area (Å²) >= 11 is 0. The van der Waals surface area contributed by atoms with Crippen LogP contribution < -0.4 is 0 Å². The first kappa shape index (κ1) is 18.0. The third-order valence-corrected chi connectivity index (χ3v) is 5.83. The molecule has 0 spiro atoms. The van der Waals surface area contributed by atoms with Gasteiger partial charge in [0.25, 0.3) is 0 Å². The van der Waals surface area contributed by atoms with Gasteiger partial charge < -0.3 is 14.8 Å². The van der Waals surface area contributed by atoms with Gasteiger partial charge >= 0.3 is 0 Å². The van der Waals surface area contributed by atoms with Gasteiger partial charge in [-0.15, -0.1) is 0 Å². The fourth-order valence-corrected chi connectivity index (χ4v) is 4.15. The number of nitrogens with one attached hydrogen (secondary N) is 1. The van der Waals surface area contributed by atoms with Crippen molar-refractivity contribution in [1.82, 2.24) is 19.7 Å². The van der Waals surface area contributed by atoms with Crippen molar-refractivity contribution in [1.29, 1.82) is 0 Å². The Hall–Kier alpha value is -2.34. The van der Waals surface area contributed by atoms with Crippen LogP contribution in [-0.4, -0.2) is 77.3 Å². The van der Waals surface area contributed by atoms with Gasteiger partial charge in [0.1, 0.15) is 0 Å². The molecule has 2 amide bonds. The SMILES string of the molecule is O=C(CCc1c[nH]c2ccccc12)N1CCN(CC(=O)N2CCCC2)CC1. The number of carbonyl (C=O) groups excluding carboxylic acids is 2. The average Bonchev–Trinajstić information content (AvgIpc) is 3.37. The monoisotopic (exact) mass is 368 g/mol. The number of para-hydroxylation sites is 1. The molecule has 6 heteroatoms. The van der Waals surface area contributed by atoms with Crippen LogP contribution >= 0.6 is 0 Å². The van der Waals surface area contributed by atoms with E-state index in [0.717, 1.165) is 64.0 Å². The molecule has 2 aliphatic rings. The Labute approximate surface area is 160 Å². The van der Waals surface area contributed by atoms with E-state index in [1.807, 2.05) is 28.1 Å². The summed E-state index contributed by atoms with van der Waals surface area (Å²) in [5.74, 6) is 0.456. The fraction of sp³-hybridized carbons (Fsp3) is 0.524. The second kappa shape index (κ2) is 8.13. The van der Waals surface area contributed by atoms with E-state index >= 15 is 0 Å². The number of H-pyrrole nitrogens is 1. The lowest BCUT2D eigenvalue weighted by Crippen LogP contribution is -2.51. The first-order chi connectivity index (χ1) is 13.2. The maximum Gasteiger partial charge on any atom is 0.236 e. The lowest BCUT2D eigenvalue weighted by molar-refractivity contribution is -0.134. The summed E-state index contributed by atoms with van der Waals surface area (Å²) in [6, 6.07) is 8.21. The summed E-state index contributed by atoms with van der Waals surface area (Å²) in [6.45, 7) is 5.34. The Balaban J connectivity index is 1.23. The summed E-state index contributed by atoms with van der Waals surface area (Å²) in [5, 5.41) is 1.20. The Kier molecular flexibility index (Phi) is 5.43. The highest BCUT2D eigenvalue weighted by molar-refractivity contribution is 5.84. The number of carbonyl (C=O) groups is 2. The Morgan fingerprint density at radius 1 is 0.889 bits per heavy atom. The van der Waals surface area contributed by atoms with Crippen LogP contribution in [0.1, 0.15) is 24.8 Å². The number of rotatable bonds is 5. The molecule has 0 saturated carbocycles. The zero-order valence-corrected chi connectivity index (χ0v) is 15.8. The maximum atomic E-state index is 12.6. The van der Waals surface area contributed by atoms with Crippen molar-refractivity contribution in [2.75, 3.05) is 45.8 Å². The predicted octanol–water partition coefficient (Wildman–Crippen LogP) is 1.87. The zero-order chi connectivity index (χ0) is 18.6. The first-order valence-corrected chi connectivity index (χ1v) is 10.0. The quantitative estimate of drug-likeness (QED) is 0.876. The van der Waals surface area contributed by atoms with Gasteiger partial charge in [-0.05, 0) is 30.9 Å². The molecular formula is C21H28N4O2. The number of aromatic amines is 1. The van der Waals surface area contributed by atoms with Crippen LogP contribution in [0.15, 0.2) is 30.5 Å². The highest BCUT2D eigenvalue weighted by Crippen LogP contribution is 2.19. The van der Waals surface area contributed by atoms with Crippen molar-refractivity contribution >= 4 is 22.7 Å². The largest absolute Gasteiger partial charge is 0.361 e. The molecule has 0 aliphatic carbocycles. The molecule has 2 saturated heterocycles. The molecule has 2 aromatic rings. The number of aromatic nitrogens is 1. The van der Waals surface area contributed by atoms with E-state index in [2.05, 4.69) is 22.0 Å². The molecule has 2 aliphatic heterocycles. The minimum atomic E-state index is 0.214. The van der Waals surface area contributed by atoms with E-state index in [0.29, 0.717) is 13.0 Å². The Morgan fingerprint density at radius 2 is 1.59 bits per heavy atom. The number of fused-ring (bicyclic) bond motifs is 1. The van der Waals surface area contributed by atoms with E-state index in [1.165, 1.54) is 10.9 Å². The summed E-state index contributed by atoms with van der Waals surface area (Å²) in [5.41, 5.74) is 2.32. The van der Waals surface area contributed by atoms with Crippen molar-refractivity contribution in [3.63, 3.8) is 0 Å². The minimum Gasteiger partial charge on any atom is -0.361 e. The lowest BCUT2D eigenvalue weighted by atomic mass is 10.1. The summed E-state index contributed by atoms with van der Waals surface area (Å²) in [7, 11) is 0. The van der Waals surface area contributed by atoms with E-state index < -0.39 is 0 Å². The normalized spacial score (nSPS) is 18.4. The van der Waals surface area contributed by atoms with Crippen molar-refractivity contribution in [2.24, 2.45) is 0 Å². The molecule has 0 atom stereocenters. The third-order valence-electron chi connectivity index (χ3n) is 5.83. The molecule has 4 rings (SSSR count). The molecule has 1 aromatic carbocycles. The van der Waals surface area contributed by atoms with Crippen LogP contribution in [0.5, 0.6) is 0 Å². The van der Waals surface area contributed by atoms with Crippen LogP contribution in [0, 0.1) is 0 Å². The number of hydrogen-bond donors (Lipinski definition) is 1. The Bertz CT molecular complexity index is 801. The van der Waals surface area contributed by atoms with Gasteiger partial charge in [-0.25, -0.2) is 0 Å². The maximum absolute atomic E-state index is 12.6. The highest BCUT2D eigenvalue weighted by Gasteiger charge is 2.25. The molecular weight excluding hydrogens is 340 g/mol. The molecule has 0 unspecified atom stereocenters. The van der Waals surface area contributed by atoms with Gasteiger partial charge in [-0.1, -0.05) is 18.2 Å². The smallest absolute Gasteiger partial charge is 0.236 e. The second-order valence-electron chi connectivity index (χ2n) is 7.60. The standard InChI is InChI=1S/C21H28N4O2/c26-20(8-7-17-15-22-19-6-2-1-5-18(17)19)25-13-11-23(12-14-25)16-21(27)24-9-3-4-10-24/h1-2,5-6,15,22H,3-4,7-14,16H2.